The van der Waals surface area contributed by atoms with Crippen molar-refractivity contribution in [2.75, 3.05) is 44.6 Å². The molecule has 2 aliphatic heterocycles. The minimum absolute atomic E-state index is 0.0219. The predicted octanol–water partition coefficient (Wildman–Crippen LogP) is 3.96. The Bertz CT molecular complexity index is 1520. The van der Waals surface area contributed by atoms with Crippen molar-refractivity contribution in [2.24, 2.45) is 0 Å². The molecule has 0 radical (unpaired) electrons. The Morgan fingerprint density at radius 2 is 1.65 bits per heavy atom. The number of likely N-dealkylation sites (tertiary alicyclic amines) is 1. The second kappa shape index (κ2) is 14.5. The summed E-state index contributed by atoms with van der Waals surface area (Å²) in [4.78, 5) is 43.6. The van der Waals surface area contributed by atoms with Crippen LogP contribution in [0.1, 0.15) is 70.2 Å². The number of hydrogen-bond acceptors (Lipinski definition) is 9. The maximum absolute atomic E-state index is 13.7. The van der Waals surface area contributed by atoms with Gasteiger partial charge in [0.15, 0.2) is 0 Å². The van der Waals surface area contributed by atoms with E-state index in [1.165, 1.54) is 35.6 Å². The molecule has 2 aliphatic rings. The van der Waals surface area contributed by atoms with Gasteiger partial charge < -0.3 is 19.9 Å². The van der Waals surface area contributed by atoms with Gasteiger partial charge in [0.1, 0.15) is 5.00 Å². The predicted molar refractivity (Wildman–Crippen MR) is 159 cm³/mol. The molecule has 4 rings (SSSR count). The van der Waals surface area contributed by atoms with Gasteiger partial charge in [0, 0.05) is 56.0 Å². The highest BCUT2D eigenvalue weighted by atomic mass is 32.2. The number of benzene rings is 1. The summed E-state index contributed by atoms with van der Waals surface area (Å²) < 4.78 is 32.5. The number of anilines is 1. The van der Waals surface area contributed by atoms with Crippen molar-refractivity contribution in [2.45, 2.75) is 56.9 Å². The number of carbonyl (C=O) groups excluding carboxylic acids is 3. The molecule has 0 spiro atoms. The first-order chi connectivity index (χ1) is 20.7. The minimum Gasteiger partial charge on any atom is -0.450 e. The average molecular weight is 627 g/mol. The number of rotatable bonds is 10. The van der Waals surface area contributed by atoms with Crippen molar-refractivity contribution in [3.8, 4) is 12.1 Å². The lowest BCUT2D eigenvalue weighted by atomic mass is 10.0. The number of fused-ring (bicyclic) bond motifs is 1. The van der Waals surface area contributed by atoms with Crippen molar-refractivity contribution in [1.82, 2.24) is 14.1 Å². The second-order valence-corrected chi connectivity index (χ2v) is 13.2. The highest BCUT2D eigenvalue weighted by Crippen LogP contribution is 2.39. The molecule has 1 N–H and O–H groups in total. The van der Waals surface area contributed by atoms with Crippen molar-refractivity contribution in [3.05, 3.63) is 45.8 Å². The van der Waals surface area contributed by atoms with Gasteiger partial charge in [-0.05, 0) is 62.4 Å². The van der Waals surface area contributed by atoms with Crippen molar-refractivity contribution >= 4 is 44.3 Å². The Morgan fingerprint density at radius 1 is 1.00 bits per heavy atom. The second-order valence-electron chi connectivity index (χ2n) is 10.1. The molecule has 1 aromatic carbocycles. The fraction of sp³-hybridized carbons (Fsp3) is 0.483. The molecule has 43 heavy (non-hydrogen) atoms. The Hall–Kier alpha value is -3.98. The van der Waals surface area contributed by atoms with Gasteiger partial charge in [0.25, 0.3) is 11.8 Å². The molecule has 3 heterocycles. The van der Waals surface area contributed by atoms with Crippen LogP contribution in [-0.4, -0.2) is 79.8 Å². The number of carbonyl (C=O) groups is 3. The lowest BCUT2D eigenvalue weighted by Crippen LogP contribution is -2.38. The molecule has 3 amide bonds. The number of nitrogens with zero attached hydrogens (tertiary/aromatic N) is 5. The van der Waals surface area contributed by atoms with E-state index < -0.39 is 22.0 Å². The number of nitrogens with one attached hydrogen (secondary N) is 1. The third-order valence-electron chi connectivity index (χ3n) is 7.37. The van der Waals surface area contributed by atoms with Gasteiger partial charge in [-0.1, -0.05) is 0 Å². The molecule has 0 atom stereocenters. The molecule has 2 aromatic rings. The fourth-order valence-corrected chi connectivity index (χ4v) is 7.84. The molecule has 0 saturated carbocycles. The van der Waals surface area contributed by atoms with Gasteiger partial charge in [0.05, 0.1) is 35.7 Å². The summed E-state index contributed by atoms with van der Waals surface area (Å²) in [6.45, 7) is 3.85. The molecule has 1 fully saturated rings. The zero-order chi connectivity index (χ0) is 31.0. The van der Waals surface area contributed by atoms with Gasteiger partial charge in [-0.25, -0.2) is 13.2 Å². The molecule has 1 aromatic heterocycles. The number of amides is 3. The normalized spacial score (nSPS) is 14.9. The summed E-state index contributed by atoms with van der Waals surface area (Å²) in [6.07, 6.45) is 2.87. The van der Waals surface area contributed by atoms with Crippen LogP contribution in [0.3, 0.4) is 0 Å². The smallest absolute Gasteiger partial charge is 0.410 e. The van der Waals surface area contributed by atoms with Crippen LogP contribution in [0.5, 0.6) is 0 Å². The van der Waals surface area contributed by atoms with Gasteiger partial charge in [-0.15, -0.1) is 11.3 Å². The van der Waals surface area contributed by atoms with Gasteiger partial charge in [-0.2, -0.15) is 14.8 Å². The number of thiophene rings is 1. The van der Waals surface area contributed by atoms with E-state index in [-0.39, 0.29) is 55.4 Å². The maximum Gasteiger partial charge on any atom is 0.410 e. The summed E-state index contributed by atoms with van der Waals surface area (Å²) >= 11 is 1.26. The van der Waals surface area contributed by atoms with Crippen molar-refractivity contribution < 1.29 is 27.5 Å². The minimum atomic E-state index is -3.99. The zero-order valence-electron chi connectivity index (χ0n) is 24.0. The molecular formula is C29H34N6O6S2. The number of sulfonamides is 1. The number of ether oxygens (including phenoxy) is 1. The zero-order valence-corrected chi connectivity index (χ0v) is 25.6. The van der Waals surface area contributed by atoms with Crippen LogP contribution in [0.25, 0.3) is 0 Å². The summed E-state index contributed by atoms with van der Waals surface area (Å²) in [6, 6.07) is 9.23. The van der Waals surface area contributed by atoms with Crippen LogP contribution in [-0.2, 0) is 27.7 Å². The van der Waals surface area contributed by atoms with Crippen LogP contribution >= 0.6 is 11.3 Å². The number of hydrogen-bond donors (Lipinski definition) is 1. The molecule has 0 unspecified atom stereocenters. The van der Waals surface area contributed by atoms with Crippen LogP contribution in [0.2, 0.25) is 0 Å². The van der Waals surface area contributed by atoms with E-state index in [4.69, 9.17) is 15.3 Å². The largest absolute Gasteiger partial charge is 0.450 e. The average Bonchev–Trinajstić information content (AvgIpc) is 3.38. The Kier molecular flexibility index (Phi) is 10.7. The molecule has 1 saturated heterocycles. The van der Waals surface area contributed by atoms with Crippen molar-refractivity contribution in [1.29, 1.82) is 10.5 Å². The van der Waals surface area contributed by atoms with Gasteiger partial charge >= 0.3 is 6.09 Å². The van der Waals surface area contributed by atoms with Gasteiger partial charge in [-0.3, -0.25) is 9.59 Å². The highest BCUT2D eigenvalue weighted by Gasteiger charge is 2.33. The molecule has 12 nitrogen and oxygen atoms in total. The highest BCUT2D eigenvalue weighted by molar-refractivity contribution is 7.89. The molecule has 228 valence electrons. The van der Waals surface area contributed by atoms with Crippen LogP contribution < -0.4 is 5.32 Å². The summed E-state index contributed by atoms with van der Waals surface area (Å²) in [7, 11) is -3.99. The maximum atomic E-state index is 13.7. The molecule has 0 bridgehead atoms. The number of piperidine rings is 1. The fourth-order valence-electron chi connectivity index (χ4n) is 5.15. The van der Waals surface area contributed by atoms with Crippen molar-refractivity contribution in [3.63, 3.8) is 0 Å². The SMILES string of the molecule is CCOC(=O)N1CCc2c(sc(NC(=O)c3ccc(S(=O)(=O)N(CCC#N)CCC#N)cc3)c2C(=O)N2CCCCC2)C1. The first-order valence-corrected chi connectivity index (χ1v) is 16.5. The lowest BCUT2D eigenvalue weighted by molar-refractivity contribution is 0.0724. The topological polar surface area (TPSA) is 164 Å². The van der Waals surface area contributed by atoms with Crippen LogP contribution in [0.15, 0.2) is 29.2 Å². The van der Waals surface area contributed by atoms with E-state index in [0.717, 1.165) is 34.0 Å². The van der Waals surface area contributed by atoms with E-state index in [1.807, 2.05) is 17.0 Å². The molecular weight excluding hydrogens is 592 g/mol. The summed E-state index contributed by atoms with van der Waals surface area (Å²) in [5, 5.41) is 21.1. The van der Waals surface area contributed by atoms with E-state index >= 15 is 0 Å². The Labute approximate surface area is 255 Å². The molecule has 0 aliphatic carbocycles. The van der Waals surface area contributed by atoms with E-state index in [1.54, 1.807) is 11.8 Å². The lowest BCUT2D eigenvalue weighted by Gasteiger charge is -2.29. The summed E-state index contributed by atoms with van der Waals surface area (Å²) in [5.41, 5.74) is 1.46. The van der Waals surface area contributed by atoms with Gasteiger partial charge in [0.2, 0.25) is 10.0 Å². The Balaban J connectivity index is 1.59. The standard InChI is InChI=1S/C29H34N6O6S2/c1-2-41-29(38)34-19-12-23-24(20-34)42-27(25(23)28(37)33-15-4-3-5-16-33)32-26(36)21-8-10-22(11-9-21)43(39,40)35(17-6-13-30)18-7-14-31/h8-11H,2-7,12,15-20H2,1H3,(H,32,36). The third-order valence-corrected chi connectivity index (χ3v) is 10.4. The monoisotopic (exact) mass is 626 g/mol. The Morgan fingerprint density at radius 3 is 2.26 bits per heavy atom. The molecule has 14 heteroatoms. The first-order valence-electron chi connectivity index (χ1n) is 14.2. The third kappa shape index (κ3) is 7.33. The van der Waals surface area contributed by atoms with E-state index in [0.29, 0.717) is 36.6 Å². The summed E-state index contributed by atoms with van der Waals surface area (Å²) in [5.74, 6) is -0.656. The van der Waals surface area contributed by atoms with E-state index in [9.17, 15) is 22.8 Å². The first kappa shape index (κ1) is 31.9. The van der Waals surface area contributed by atoms with E-state index in [2.05, 4.69) is 5.32 Å². The van der Waals surface area contributed by atoms with Crippen LogP contribution in [0.4, 0.5) is 9.80 Å². The quantitative estimate of drug-likeness (QED) is 0.414. The van der Waals surface area contributed by atoms with Crippen LogP contribution in [0, 0.1) is 22.7 Å². The number of nitriles is 2.